The van der Waals surface area contributed by atoms with E-state index >= 15 is 0 Å². The highest BCUT2D eigenvalue weighted by Gasteiger charge is 2.16. The van der Waals surface area contributed by atoms with Crippen molar-refractivity contribution in [1.29, 1.82) is 0 Å². The third kappa shape index (κ3) is 5.67. The van der Waals surface area contributed by atoms with Crippen molar-refractivity contribution in [3.8, 4) is 0 Å². The van der Waals surface area contributed by atoms with Gasteiger partial charge in [0.1, 0.15) is 0 Å². The number of rotatable bonds is 9. The van der Waals surface area contributed by atoms with Crippen molar-refractivity contribution < 1.29 is 0 Å². The summed E-state index contributed by atoms with van der Waals surface area (Å²) in [6, 6.07) is 0. The van der Waals surface area contributed by atoms with Crippen LogP contribution in [0.4, 0.5) is 0 Å². The molecule has 1 radical (unpaired) electrons. The van der Waals surface area contributed by atoms with Gasteiger partial charge in [-0.25, -0.2) is 0 Å². The Bertz CT molecular complexity index is 113. The summed E-state index contributed by atoms with van der Waals surface area (Å²) in [7, 11) is 0. The molecule has 0 nitrogen and oxygen atoms in total. The van der Waals surface area contributed by atoms with E-state index in [0.717, 1.165) is 0 Å². The van der Waals surface area contributed by atoms with Gasteiger partial charge in [0.15, 0.2) is 0 Å². The van der Waals surface area contributed by atoms with Gasteiger partial charge in [0, 0.05) is 0 Å². The largest absolute Gasteiger partial charge is 0.0654 e. The summed E-state index contributed by atoms with van der Waals surface area (Å²) in [5.74, 6) is 1.86. The first-order valence-electron chi connectivity index (χ1n) is 6.77. The fourth-order valence-corrected chi connectivity index (χ4v) is 2.19. The standard InChI is InChI=1S/C14H27/c1-2-3-4-5-6-7-8-9-11-14-12-10-13-14/h2-13H2,1H3. The molecule has 1 aliphatic rings. The number of unbranched alkanes of at least 4 members (excludes halogenated alkanes) is 7. The Balaban J connectivity index is 1.67. The minimum atomic E-state index is 1.37. The van der Waals surface area contributed by atoms with E-state index in [2.05, 4.69) is 6.92 Å². The number of hydrogen-bond acceptors (Lipinski definition) is 0. The minimum absolute atomic E-state index is 1.37. The molecule has 0 unspecified atom stereocenters. The van der Waals surface area contributed by atoms with Crippen LogP contribution in [0.1, 0.15) is 84.0 Å². The van der Waals surface area contributed by atoms with Gasteiger partial charge >= 0.3 is 0 Å². The monoisotopic (exact) mass is 195 g/mol. The zero-order chi connectivity index (χ0) is 10.1. The molecule has 0 heterocycles. The fourth-order valence-electron chi connectivity index (χ4n) is 2.19. The molecule has 0 aromatic rings. The summed E-state index contributed by atoms with van der Waals surface area (Å²) in [4.78, 5) is 0. The fraction of sp³-hybridized carbons (Fsp3) is 0.929. The lowest BCUT2D eigenvalue weighted by atomic mass is 9.81. The Hall–Kier alpha value is 0. The lowest BCUT2D eigenvalue weighted by Crippen LogP contribution is -2.07. The SMILES string of the molecule is CCCCCCCCCC[C]1CCC1. The van der Waals surface area contributed by atoms with Gasteiger partial charge in [-0.2, -0.15) is 0 Å². The van der Waals surface area contributed by atoms with E-state index in [0.29, 0.717) is 0 Å². The van der Waals surface area contributed by atoms with Gasteiger partial charge in [0.2, 0.25) is 0 Å². The molecular formula is C14H27. The van der Waals surface area contributed by atoms with E-state index in [9.17, 15) is 0 Å². The molecule has 0 N–H and O–H groups in total. The van der Waals surface area contributed by atoms with E-state index < -0.39 is 0 Å². The first-order valence-corrected chi connectivity index (χ1v) is 6.77. The summed E-state index contributed by atoms with van der Waals surface area (Å²) < 4.78 is 0. The third-order valence-corrected chi connectivity index (χ3v) is 3.44. The van der Waals surface area contributed by atoms with Crippen LogP contribution < -0.4 is 0 Å². The maximum Gasteiger partial charge on any atom is -0.0241 e. The maximum absolute atomic E-state index is 2.29. The topological polar surface area (TPSA) is 0 Å². The maximum atomic E-state index is 2.29. The van der Waals surface area contributed by atoms with Crippen LogP contribution in [0, 0.1) is 5.92 Å². The van der Waals surface area contributed by atoms with Gasteiger partial charge < -0.3 is 0 Å². The van der Waals surface area contributed by atoms with Crippen molar-refractivity contribution in [3.05, 3.63) is 5.92 Å². The highest BCUT2D eigenvalue weighted by atomic mass is 14.2. The molecule has 0 aromatic carbocycles. The van der Waals surface area contributed by atoms with Crippen LogP contribution in [-0.4, -0.2) is 0 Å². The van der Waals surface area contributed by atoms with Crippen LogP contribution in [-0.2, 0) is 0 Å². The van der Waals surface area contributed by atoms with Crippen molar-refractivity contribution in [2.24, 2.45) is 0 Å². The van der Waals surface area contributed by atoms with Gasteiger partial charge in [-0.15, -0.1) is 0 Å². The molecular weight excluding hydrogens is 168 g/mol. The summed E-state index contributed by atoms with van der Waals surface area (Å²) in [6.45, 7) is 2.29. The molecule has 0 amide bonds. The van der Waals surface area contributed by atoms with E-state index in [1.807, 2.05) is 5.92 Å². The van der Waals surface area contributed by atoms with Gasteiger partial charge in [-0.05, 0) is 25.2 Å². The average Bonchev–Trinajstić information content (AvgIpc) is 2.13. The third-order valence-electron chi connectivity index (χ3n) is 3.44. The molecule has 0 aromatic heterocycles. The summed E-state index contributed by atoms with van der Waals surface area (Å²) >= 11 is 0. The summed E-state index contributed by atoms with van der Waals surface area (Å²) in [6.07, 6.45) is 17.5. The summed E-state index contributed by atoms with van der Waals surface area (Å²) in [5.41, 5.74) is 0. The molecule has 1 aliphatic carbocycles. The molecule has 0 heteroatoms. The Morgan fingerprint density at radius 1 is 0.786 bits per heavy atom. The molecule has 14 heavy (non-hydrogen) atoms. The lowest BCUT2D eigenvalue weighted by molar-refractivity contribution is 0.478. The minimum Gasteiger partial charge on any atom is -0.0654 e. The Kier molecular flexibility index (Phi) is 7.17. The lowest BCUT2D eigenvalue weighted by Gasteiger charge is -2.24. The predicted molar refractivity (Wildman–Crippen MR) is 64.3 cm³/mol. The predicted octanol–water partition coefficient (Wildman–Crippen LogP) is 5.28. The second kappa shape index (κ2) is 8.32. The highest BCUT2D eigenvalue weighted by molar-refractivity contribution is 4.97. The molecule has 0 bridgehead atoms. The van der Waals surface area contributed by atoms with Gasteiger partial charge in [0.05, 0.1) is 0 Å². The molecule has 0 saturated heterocycles. The zero-order valence-electron chi connectivity index (χ0n) is 9.99. The number of hydrogen-bond donors (Lipinski definition) is 0. The van der Waals surface area contributed by atoms with Crippen molar-refractivity contribution in [3.63, 3.8) is 0 Å². The van der Waals surface area contributed by atoms with E-state index in [4.69, 9.17) is 0 Å². The quantitative estimate of drug-likeness (QED) is 0.439. The molecule has 0 spiro atoms. The van der Waals surface area contributed by atoms with E-state index in [1.165, 1.54) is 77.0 Å². The molecule has 83 valence electrons. The van der Waals surface area contributed by atoms with Crippen LogP contribution in [0.2, 0.25) is 0 Å². The summed E-state index contributed by atoms with van der Waals surface area (Å²) in [5, 5.41) is 0. The smallest absolute Gasteiger partial charge is 0.0241 e. The van der Waals surface area contributed by atoms with E-state index in [1.54, 1.807) is 0 Å². The molecule has 1 fully saturated rings. The van der Waals surface area contributed by atoms with Crippen molar-refractivity contribution in [2.45, 2.75) is 84.0 Å². The van der Waals surface area contributed by atoms with Crippen LogP contribution >= 0.6 is 0 Å². The van der Waals surface area contributed by atoms with Gasteiger partial charge in [-0.1, -0.05) is 64.7 Å². The molecule has 1 saturated carbocycles. The second-order valence-electron chi connectivity index (χ2n) is 4.83. The van der Waals surface area contributed by atoms with Crippen LogP contribution in [0.5, 0.6) is 0 Å². The van der Waals surface area contributed by atoms with Gasteiger partial charge in [-0.3, -0.25) is 0 Å². The second-order valence-corrected chi connectivity index (χ2v) is 4.83. The highest BCUT2D eigenvalue weighted by Crippen LogP contribution is 2.33. The van der Waals surface area contributed by atoms with Crippen molar-refractivity contribution >= 4 is 0 Å². The van der Waals surface area contributed by atoms with Crippen molar-refractivity contribution in [1.82, 2.24) is 0 Å². The zero-order valence-corrected chi connectivity index (χ0v) is 9.99. The van der Waals surface area contributed by atoms with Crippen LogP contribution in [0.25, 0.3) is 0 Å². The Morgan fingerprint density at radius 2 is 1.36 bits per heavy atom. The normalized spacial score (nSPS) is 16.9. The molecule has 0 atom stereocenters. The van der Waals surface area contributed by atoms with Crippen molar-refractivity contribution in [2.75, 3.05) is 0 Å². The first kappa shape index (κ1) is 12.1. The van der Waals surface area contributed by atoms with Crippen LogP contribution in [0.15, 0.2) is 0 Å². The Labute approximate surface area is 90.5 Å². The van der Waals surface area contributed by atoms with E-state index in [-0.39, 0.29) is 0 Å². The average molecular weight is 195 g/mol. The van der Waals surface area contributed by atoms with Crippen LogP contribution in [0.3, 0.4) is 0 Å². The molecule has 1 rings (SSSR count). The van der Waals surface area contributed by atoms with Gasteiger partial charge in [0.25, 0.3) is 0 Å². The Morgan fingerprint density at radius 3 is 1.86 bits per heavy atom. The first-order chi connectivity index (χ1) is 6.93. The molecule has 0 aliphatic heterocycles.